The molecular formula is C17H17N5O2. The van der Waals surface area contributed by atoms with Gasteiger partial charge < -0.3 is 10.1 Å². The zero-order valence-electron chi connectivity index (χ0n) is 13.4. The molecule has 0 saturated heterocycles. The fraction of sp³-hybridized carbons (Fsp3) is 0.176. The lowest BCUT2D eigenvalue weighted by molar-refractivity contribution is 0.102. The van der Waals surface area contributed by atoms with Crippen LogP contribution in [0, 0.1) is 0 Å². The van der Waals surface area contributed by atoms with E-state index in [1.54, 1.807) is 31.0 Å². The van der Waals surface area contributed by atoms with Crippen LogP contribution in [0.15, 0.2) is 48.5 Å². The van der Waals surface area contributed by atoms with Gasteiger partial charge in [0.25, 0.3) is 5.91 Å². The molecule has 2 aromatic carbocycles. The van der Waals surface area contributed by atoms with Crippen molar-refractivity contribution in [1.29, 1.82) is 0 Å². The van der Waals surface area contributed by atoms with Gasteiger partial charge in [0.2, 0.25) is 0 Å². The first-order valence-electron chi connectivity index (χ1n) is 7.39. The minimum Gasteiger partial charge on any atom is -0.380 e. The molecule has 0 atom stereocenters. The molecule has 0 bridgehead atoms. The predicted molar refractivity (Wildman–Crippen MR) is 89.3 cm³/mol. The maximum Gasteiger partial charge on any atom is 0.255 e. The third-order valence-corrected chi connectivity index (χ3v) is 3.53. The summed E-state index contributed by atoms with van der Waals surface area (Å²) in [5, 5.41) is 14.3. The highest BCUT2D eigenvalue weighted by molar-refractivity contribution is 6.04. The number of amides is 1. The Bertz CT molecular complexity index is 842. The number of hydrogen-bond donors (Lipinski definition) is 1. The van der Waals surface area contributed by atoms with Crippen LogP contribution in [0.25, 0.3) is 11.4 Å². The van der Waals surface area contributed by atoms with Crippen LogP contribution in [0.2, 0.25) is 0 Å². The van der Waals surface area contributed by atoms with E-state index >= 15 is 0 Å². The second kappa shape index (κ2) is 7.01. The van der Waals surface area contributed by atoms with Crippen molar-refractivity contribution in [3.05, 3.63) is 59.7 Å². The molecule has 1 heterocycles. The Labute approximate surface area is 139 Å². The molecular weight excluding hydrogens is 306 g/mol. The number of benzene rings is 2. The fourth-order valence-electron chi connectivity index (χ4n) is 2.33. The number of aromatic nitrogens is 4. The van der Waals surface area contributed by atoms with Crippen molar-refractivity contribution < 1.29 is 9.53 Å². The lowest BCUT2D eigenvalue weighted by atomic mass is 10.1. The van der Waals surface area contributed by atoms with Crippen LogP contribution in [0.4, 0.5) is 5.69 Å². The smallest absolute Gasteiger partial charge is 0.255 e. The first kappa shape index (κ1) is 15.8. The molecule has 3 rings (SSSR count). The SMILES string of the molecule is COCc1ccc(C(=O)Nc2cccc(-c3nnnn3C)c2)cc1. The molecule has 1 aromatic heterocycles. The van der Waals surface area contributed by atoms with E-state index in [0.29, 0.717) is 23.7 Å². The number of aryl methyl sites for hydroxylation is 1. The topological polar surface area (TPSA) is 81.9 Å². The normalized spacial score (nSPS) is 10.6. The number of ether oxygens (including phenoxy) is 1. The number of anilines is 1. The average Bonchev–Trinajstić information content (AvgIpc) is 3.02. The van der Waals surface area contributed by atoms with Crippen LogP contribution in [0.3, 0.4) is 0 Å². The van der Waals surface area contributed by atoms with Crippen LogP contribution in [-0.2, 0) is 18.4 Å². The molecule has 1 amide bonds. The van der Waals surface area contributed by atoms with E-state index in [2.05, 4.69) is 20.8 Å². The van der Waals surface area contributed by atoms with Crippen molar-refractivity contribution in [3.63, 3.8) is 0 Å². The number of carbonyl (C=O) groups is 1. The summed E-state index contributed by atoms with van der Waals surface area (Å²) in [7, 11) is 3.41. The first-order valence-corrected chi connectivity index (χ1v) is 7.39. The van der Waals surface area contributed by atoms with E-state index < -0.39 is 0 Å². The summed E-state index contributed by atoms with van der Waals surface area (Å²) in [6.45, 7) is 0.523. The molecule has 0 fully saturated rings. The molecule has 7 nitrogen and oxygen atoms in total. The van der Waals surface area contributed by atoms with Crippen molar-refractivity contribution >= 4 is 11.6 Å². The number of rotatable bonds is 5. The van der Waals surface area contributed by atoms with Gasteiger partial charge in [-0.25, -0.2) is 4.68 Å². The van der Waals surface area contributed by atoms with Gasteiger partial charge in [0.05, 0.1) is 6.61 Å². The molecule has 0 aliphatic carbocycles. The standard InChI is InChI=1S/C17H17N5O2/c1-22-16(19-20-21-22)14-4-3-5-15(10-14)18-17(23)13-8-6-12(7-9-13)11-24-2/h3-10H,11H2,1-2H3,(H,18,23). The van der Waals surface area contributed by atoms with Gasteiger partial charge in [0, 0.05) is 31.0 Å². The van der Waals surface area contributed by atoms with Crippen molar-refractivity contribution in [2.75, 3.05) is 12.4 Å². The number of hydrogen-bond acceptors (Lipinski definition) is 5. The van der Waals surface area contributed by atoms with Crippen molar-refractivity contribution in [2.24, 2.45) is 7.05 Å². The average molecular weight is 323 g/mol. The van der Waals surface area contributed by atoms with Crippen LogP contribution >= 0.6 is 0 Å². The van der Waals surface area contributed by atoms with E-state index in [0.717, 1.165) is 11.1 Å². The number of carbonyl (C=O) groups excluding carboxylic acids is 1. The zero-order chi connectivity index (χ0) is 16.9. The molecule has 7 heteroatoms. The van der Waals surface area contributed by atoms with Crippen LogP contribution in [0.1, 0.15) is 15.9 Å². The second-order valence-corrected chi connectivity index (χ2v) is 5.29. The van der Waals surface area contributed by atoms with Gasteiger partial charge in [0.1, 0.15) is 0 Å². The largest absolute Gasteiger partial charge is 0.380 e. The predicted octanol–water partition coefficient (Wildman–Crippen LogP) is 2.28. The maximum atomic E-state index is 12.4. The highest BCUT2D eigenvalue weighted by Gasteiger charge is 2.09. The molecule has 0 spiro atoms. The highest BCUT2D eigenvalue weighted by Crippen LogP contribution is 2.20. The summed E-state index contributed by atoms with van der Waals surface area (Å²) in [6, 6.07) is 14.7. The third-order valence-electron chi connectivity index (χ3n) is 3.53. The Morgan fingerprint density at radius 3 is 2.67 bits per heavy atom. The Morgan fingerprint density at radius 1 is 1.21 bits per heavy atom. The molecule has 0 radical (unpaired) electrons. The van der Waals surface area contributed by atoms with Crippen molar-refractivity contribution in [2.45, 2.75) is 6.61 Å². The fourth-order valence-corrected chi connectivity index (χ4v) is 2.33. The minimum absolute atomic E-state index is 0.174. The van der Waals surface area contributed by atoms with Gasteiger partial charge in [-0.2, -0.15) is 0 Å². The number of methoxy groups -OCH3 is 1. The van der Waals surface area contributed by atoms with E-state index in [-0.39, 0.29) is 5.91 Å². The lowest BCUT2D eigenvalue weighted by Gasteiger charge is -2.08. The quantitative estimate of drug-likeness (QED) is 0.779. The van der Waals surface area contributed by atoms with Gasteiger partial charge in [0.15, 0.2) is 5.82 Å². The molecule has 0 saturated carbocycles. The number of nitrogens with zero attached hydrogens (tertiary/aromatic N) is 4. The van der Waals surface area contributed by atoms with Crippen LogP contribution in [-0.4, -0.2) is 33.2 Å². The lowest BCUT2D eigenvalue weighted by Crippen LogP contribution is -2.12. The van der Waals surface area contributed by atoms with Gasteiger partial charge in [-0.1, -0.05) is 24.3 Å². The summed E-state index contributed by atoms with van der Waals surface area (Å²) in [6.07, 6.45) is 0. The summed E-state index contributed by atoms with van der Waals surface area (Å²) < 4.78 is 6.64. The second-order valence-electron chi connectivity index (χ2n) is 5.29. The van der Waals surface area contributed by atoms with Gasteiger partial charge >= 0.3 is 0 Å². The summed E-state index contributed by atoms with van der Waals surface area (Å²) in [5.74, 6) is 0.460. The third kappa shape index (κ3) is 3.47. The highest BCUT2D eigenvalue weighted by atomic mass is 16.5. The Hall–Kier alpha value is -3.06. The zero-order valence-corrected chi connectivity index (χ0v) is 13.4. The summed E-state index contributed by atoms with van der Waals surface area (Å²) >= 11 is 0. The van der Waals surface area contributed by atoms with Crippen molar-refractivity contribution in [1.82, 2.24) is 20.2 Å². The first-order chi connectivity index (χ1) is 11.7. The summed E-state index contributed by atoms with van der Waals surface area (Å²) in [4.78, 5) is 12.4. The van der Waals surface area contributed by atoms with Gasteiger partial charge in [-0.3, -0.25) is 4.79 Å². The van der Waals surface area contributed by atoms with Crippen LogP contribution in [0.5, 0.6) is 0 Å². The van der Waals surface area contributed by atoms with E-state index in [1.807, 2.05) is 36.4 Å². The maximum absolute atomic E-state index is 12.4. The molecule has 1 N–H and O–H groups in total. The van der Waals surface area contributed by atoms with E-state index in [9.17, 15) is 4.79 Å². The monoisotopic (exact) mass is 323 g/mol. The Balaban J connectivity index is 1.76. The van der Waals surface area contributed by atoms with Gasteiger partial charge in [-0.05, 0) is 40.3 Å². The molecule has 3 aromatic rings. The number of nitrogens with one attached hydrogen (secondary N) is 1. The minimum atomic E-state index is -0.174. The molecule has 0 aliphatic rings. The Kier molecular flexibility index (Phi) is 4.62. The van der Waals surface area contributed by atoms with Crippen molar-refractivity contribution in [3.8, 4) is 11.4 Å². The molecule has 0 aliphatic heterocycles. The Morgan fingerprint density at radius 2 is 2.00 bits per heavy atom. The van der Waals surface area contributed by atoms with Crippen LogP contribution < -0.4 is 5.32 Å². The molecule has 122 valence electrons. The molecule has 0 unspecified atom stereocenters. The molecule has 24 heavy (non-hydrogen) atoms. The summed E-state index contributed by atoms with van der Waals surface area (Å²) in [5.41, 5.74) is 3.11. The van der Waals surface area contributed by atoms with E-state index in [1.165, 1.54) is 0 Å². The van der Waals surface area contributed by atoms with Gasteiger partial charge in [-0.15, -0.1) is 5.10 Å². The van der Waals surface area contributed by atoms with E-state index in [4.69, 9.17) is 4.74 Å². The number of tetrazole rings is 1.